The molecule has 0 N–H and O–H groups in total. The van der Waals surface area contributed by atoms with E-state index in [1.54, 1.807) is 4.68 Å². The lowest BCUT2D eigenvalue weighted by atomic mass is 9.74. The Hall–Kier alpha value is 0.120. The van der Waals surface area contributed by atoms with Gasteiger partial charge >= 0.3 is 0 Å². The van der Waals surface area contributed by atoms with Crippen molar-refractivity contribution in [1.29, 1.82) is 0 Å². The van der Waals surface area contributed by atoms with Gasteiger partial charge in [-0.2, -0.15) is 5.10 Å². The van der Waals surface area contributed by atoms with Crippen LogP contribution >= 0.6 is 31.9 Å². The van der Waals surface area contributed by atoms with Gasteiger partial charge in [0.15, 0.2) is 9.84 Å². The van der Waals surface area contributed by atoms with Crippen LogP contribution in [0.1, 0.15) is 12.0 Å². The molecule has 2 rings (SSSR count). The fourth-order valence-corrected chi connectivity index (χ4v) is 6.92. The molecule has 108 valence electrons. The van der Waals surface area contributed by atoms with Gasteiger partial charge in [0.2, 0.25) is 0 Å². The summed E-state index contributed by atoms with van der Waals surface area (Å²) in [6.45, 7) is 0. The average molecular weight is 414 g/mol. The SMILES string of the molecule is Cn1cc(CC(CBr)(CBr)C2CCS(=O)(=O)C2)cn1. The number of hydrogen-bond acceptors (Lipinski definition) is 3. The number of sulfone groups is 1. The number of nitrogens with zero attached hydrogens (tertiary/aromatic N) is 2. The van der Waals surface area contributed by atoms with Crippen molar-refractivity contribution in [1.82, 2.24) is 9.78 Å². The van der Waals surface area contributed by atoms with Crippen molar-refractivity contribution >= 4 is 41.7 Å². The van der Waals surface area contributed by atoms with Gasteiger partial charge in [-0.15, -0.1) is 0 Å². The summed E-state index contributed by atoms with van der Waals surface area (Å²) in [7, 11) is -0.952. The molecule has 1 aromatic heterocycles. The lowest BCUT2D eigenvalue weighted by Crippen LogP contribution is -2.37. The first-order valence-electron chi connectivity index (χ1n) is 6.21. The van der Waals surface area contributed by atoms with Crippen LogP contribution < -0.4 is 0 Å². The highest BCUT2D eigenvalue weighted by atomic mass is 79.9. The minimum Gasteiger partial charge on any atom is -0.276 e. The second-order valence-electron chi connectivity index (χ2n) is 5.43. The van der Waals surface area contributed by atoms with E-state index in [4.69, 9.17) is 0 Å². The number of alkyl halides is 2. The first-order chi connectivity index (χ1) is 8.91. The highest BCUT2D eigenvalue weighted by Gasteiger charge is 2.43. The molecular weight excluding hydrogens is 396 g/mol. The minimum absolute atomic E-state index is 0.0629. The molecule has 1 aliphatic heterocycles. The third-order valence-electron chi connectivity index (χ3n) is 3.95. The van der Waals surface area contributed by atoms with E-state index in [0.29, 0.717) is 11.5 Å². The molecule has 19 heavy (non-hydrogen) atoms. The number of aryl methyl sites for hydroxylation is 1. The van der Waals surface area contributed by atoms with E-state index >= 15 is 0 Å². The first kappa shape index (κ1) is 15.5. The molecule has 1 aliphatic rings. The van der Waals surface area contributed by atoms with Gasteiger partial charge < -0.3 is 0 Å². The molecule has 0 radical (unpaired) electrons. The van der Waals surface area contributed by atoms with Crippen LogP contribution in [0.3, 0.4) is 0 Å². The molecule has 1 atom stereocenters. The summed E-state index contributed by atoms with van der Waals surface area (Å²) in [5.74, 6) is 0.841. The van der Waals surface area contributed by atoms with E-state index in [2.05, 4.69) is 37.0 Å². The quantitative estimate of drug-likeness (QED) is 0.695. The molecule has 0 aliphatic carbocycles. The second kappa shape index (κ2) is 5.85. The summed E-state index contributed by atoms with van der Waals surface area (Å²) < 4.78 is 25.2. The molecule has 0 aromatic carbocycles. The third-order valence-corrected chi connectivity index (χ3v) is 7.95. The molecule has 0 saturated carbocycles. The highest BCUT2D eigenvalue weighted by Crippen LogP contribution is 2.41. The van der Waals surface area contributed by atoms with E-state index < -0.39 is 9.84 Å². The Morgan fingerprint density at radius 2 is 2.16 bits per heavy atom. The van der Waals surface area contributed by atoms with Crippen molar-refractivity contribution in [3.8, 4) is 0 Å². The van der Waals surface area contributed by atoms with E-state index in [9.17, 15) is 8.42 Å². The molecule has 1 fully saturated rings. The molecule has 0 amide bonds. The van der Waals surface area contributed by atoms with Gasteiger partial charge in [-0.25, -0.2) is 8.42 Å². The Morgan fingerprint density at radius 1 is 1.47 bits per heavy atom. The van der Waals surface area contributed by atoms with Crippen LogP contribution in [0.15, 0.2) is 12.4 Å². The Labute approximate surface area is 131 Å². The van der Waals surface area contributed by atoms with E-state index in [0.717, 1.165) is 29.1 Å². The fraction of sp³-hybridized carbons (Fsp3) is 0.750. The van der Waals surface area contributed by atoms with Crippen LogP contribution in [0.25, 0.3) is 0 Å². The van der Waals surface area contributed by atoms with Crippen molar-refractivity contribution in [3.05, 3.63) is 18.0 Å². The van der Waals surface area contributed by atoms with Crippen LogP contribution in [-0.4, -0.2) is 40.4 Å². The van der Waals surface area contributed by atoms with Crippen molar-refractivity contribution in [3.63, 3.8) is 0 Å². The molecular formula is C12H18Br2N2O2S. The molecule has 1 unspecified atom stereocenters. The lowest BCUT2D eigenvalue weighted by molar-refractivity contribution is 0.253. The summed E-state index contributed by atoms with van der Waals surface area (Å²) in [4.78, 5) is 0. The molecule has 1 saturated heterocycles. The monoisotopic (exact) mass is 412 g/mol. The van der Waals surface area contributed by atoms with Crippen molar-refractivity contribution < 1.29 is 8.42 Å². The lowest BCUT2D eigenvalue weighted by Gasteiger charge is -2.35. The first-order valence-corrected chi connectivity index (χ1v) is 10.3. The summed E-state index contributed by atoms with van der Waals surface area (Å²) in [6.07, 6.45) is 5.48. The average Bonchev–Trinajstić information content (AvgIpc) is 2.92. The zero-order chi connectivity index (χ0) is 14.1. The van der Waals surface area contributed by atoms with Crippen LogP contribution in [0.5, 0.6) is 0 Å². The molecule has 1 aromatic rings. The molecule has 0 bridgehead atoms. The summed E-state index contributed by atoms with van der Waals surface area (Å²) in [5, 5.41) is 5.78. The normalized spacial score (nSPS) is 22.8. The second-order valence-corrected chi connectivity index (χ2v) is 8.78. The molecule has 4 nitrogen and oxygen atoms in total. The Bertz CT molecular complexity index is 538. The number of halogens is 2. The van der Waals surface area contributed by atoms with Gasteiger partial charge in [0.05, 0.1) is 17.7 Å². The van der Waals surface area contributed by atoms with Gasteiger partial charge in [0.25, 0.3) is 0 Å². The largest absolute Gasteiger partial charge is 0.276 e. The van der Waals surface area contributed by atoms with Crippen molar-refractivity contribution in [2.24, 2.45) is 18.4 Å². The zero-order valence-electron chi connectivity index (χ0n) is 10.8. The van der Waals surface area contributed by atoms with E-state index in [1.165, 1.54) is 0 Å². The third kappa shape index (κ3) is 3.42. The predicted molar refractivity (Wildman–Crippen MR) is 83.7 cm³/mol. The minimum atomic E-state index is -2.85. The highest BCUT2D eigenvalue weighted by molar-refractivity contribution is 9.09. The Morgan fingerprint density at radius 3 is 2.58 bits per heavy atom. The van der Waals surface area contributed by atoms with Crippen LogP contribution in [0, 0.1) is 11.3 Å². The molecule has 2 heterocycles. The maximum atomic E-state index is 11.7. The number of rotatable bonds is 5. The summed E-state index contributed by atoms with van der Waals surface area (Å²) in [5.41, 5.74) is 1.10. The molecule has 0 spiro atoms. The van der Waals surface area contributed by atoms with Gasteiger partial charge in [0.1, 0.15) is 0 Å². The standard InChI is InChI=1S/C12H18Br2N2O2S/c1-16-6-10(5-15-16)4-12(8-13,9-14)11-2-3-19(17,18)7-11/h5-6,11H,2-4,7-9H2,1H3. The Balaban J connectivity index is 2.22. The van der Waals surface area contributed by atoms with Gasteiger partial charge in [-0.05, 0) is 29.7 Å². The summed E-state index contributed by atoms with van der Waals surface area (Å²) >= 11 is 7.19. The van der Waals surface area contributed by atoms with Gasteiger partial charge in [-0.3, -0.25) is 4.68 Å². The van der Waals surface area contributed by atoms with Crippen LogP contribution in [-0.2, 0) is 23.3 Å². The van der Waals surface area contributed by atoms with Crippen LogP contribution in [0.2, 0.25) is 0 Å². The van der Waals surface area contributed by atoms with E-state index in [-0.39, 0.29) is 11.3 Å². The van der Waals surface area contributed by atoms with Gasteiger partial charge in [0, 0.05) is 23.9 Å². The number of aromatic nitrogens is 2. The van der Waals surface area contributed by atoms with Crippen molar-refractivity contribution in [2.45, 2.75) is 12.8 Å². The predicted octanol–water partition coefficient (Wildman–Crippen LogP) is 2.17. The topological polar surface area (TPSA) is 52.0 Å². The Kier molecular flexibility index (Phi) is 4.78. The van der Waals surface area contributed by atoms with Crippen LogP contribution in [0.4, 0.5) is 0 Å². The molecule has 7 heteroatoms. The van der Waals surface area contributed by atoms with Crippen molar-refractivity contribution in [2.75, 3.05) is 22.2 Å². The maximum absolute atomic E-state index is 11.7. The van der Waals surface area contributed by atoms with E-state index in [1.807, 2.05) is 19.4 Å². The zero-order valence-corrected chi connectivity index (χ0v) is 14.8. The number of hydrogen-bond donors (Lipinski definition) is 0. The maximum Gasteiger partial charge on any atom is 0.150 e. The smallest absolute Gasteiger partial charge is 0.150 e. The summed E-state index contributed by atoms with van der Waals surface area (Å²) in [6, 6.07) is 0. The van der Waals surface area contributed by atoms with Gasteiger partial charge in [-0.1, -0.05) is 31.9 Å². The fourth-order valence-electron chi connectivity index (χ4n) is 2.74.